The van der Waals surface area contributed by atoms with Crippen LogP contribution in [-0.2, 0) is 22.0 Å². The maximum Gasteiger partial charge on any atom is 0.123 e. The highest BCUT2D eigenvalue weighted by Gasteiger charge is 2.26. The van der Waals surface area contributed by atoms with E-state index in [-0.39, 0.29) is 16.4 Å². The van der Waals surface area contributed by atoms with E-state index in [0.717, 1.165) is 22.3 Å². The number of phenolic OH excluding ortho intramolecular Hbond substituents is 1. The number of carbonyl (C=O) groups excluding carboxylic acids is 1. The molecule has 1 N–H and O–H groups in total. The van der Waals surface area contributed by atoms with Gasteiger partial charge < -0.3 is 15.0 Å². The average molecular weight is 365 g/mol. The monoisotopic (exact) mass is 365 g/mol. The predicted octanol–water partition coefficient (Wildman–Crippen LogP) is 4.34. The molecule has 27 heavy (non-hydrogen) atoms. The highest BCUT2D eigenvalue weighted by Crippen LogP contribution is 2.40. The van der Waals surface area contributed by atoms with Gasteiger partial charge in [0.15, 0.2) is 0 Å². The number of carbonyl (C=O) groups is 1. The van der Waals surface area contributed by atoms with Gasteiger partial charge in [0.05, 0.1) is 5.97 Å². The summed E-state index contributed by atoms with van der Waals surface area (Å²) in [7, 11) is 0. The van der Waals surface area contributed by atoms with Gasteiger partial charge in [-0.3, -0.25) is 0 Å². The van der Waals surface area contributed by atoms with Gasteiger partial charge in [0.2, 0.25) is 0 Å². The van der Waals surface area contributed by atoms with Gasteiger partial charge in [-0.25, -0.2) is 0 Å². The number of carboxylic acid groups (broad SMARTS) is 1. The highest BCUT2D eigenvalue weighted by atomic mass is 16.4. The number of aromatic hydroxyl groups is 1. The van der Waals surface area contributed by atoms with Crippen LogP contribution in [0.5, 0.6) is 5.75 Å². The third-order valence-corrected chi connectivity index (χ3v) is 4.74. The van der Waals surface area contributed by atoms with Crippen LogP contribution in [0, 0.1) is 0 Å². The summed E-state index contributed by atoms with van der Waals surface area (Å²) < 4.78 is 0. The zero-order valence-corrected chi connectivity index (χ0v) is 17.1. The van der Waals surface area contributed by atoms with Crippen LogP contribution in [0.3, 0.4) is 0 Å². The molecule has 0 spiro atoms. The lowest BCUT2D eigenvalue weighted by Crippen LogP contribution is -2.22. The van der Waals surface area contributed by atoms with Crippen LogP contribution in [-0.4, -0.2) is 11.1 Å². The minimum atomic E-state index is -1.26. The lowest BCUT2D eigenvalue weighted by molar-refractivity contribution is -0.295. The zero-order chi connectivity index (χ0) is 20.6. The van der Waals surface area contributed by atoms with Gasteiger partial charge in [-0.15, -0.1) is 0 Å². The molecule has 0 aliphatic rings. The molecule has 144 valence electrons. The van der Waals surface area contributed by atoms with Crippen molar-refractivity contribution in [3.63, 3.8) is 0 Å². The van der Waals surface area contributed by atoms with Crippen molar-refractivity contribution < 1.29 is 15.0 Å². The molecule has 0 fully saturated rings. The van der Waals surface area contributed by atoms with E-state index in [1.54, 1.807) is 12.1 Å². The molecule has 0 heterocycles. The van der Waals surface area contributed by atoms with Gasteiger partial charge in [0.1, 0.15) is 5.75 Å². The minimum absolute atomic E-state index is 0.0174. The molecule has 0 bridgehead atoms. The quantitative estimate of drug-likeness (QED) is 0.820. The summed E-state index contributed by atoms with van der Waals surface area (Å²) in [6, 6.07) is 11.5. The number of aliphatic carboxylic acids is 1. The van der Waals surface area contributed by atoms with E-state index in [9.17, 15) is 15.0 Å². The number of rotatable bonds is 4. The molecule has 0 radical (unpaired) electrons. The lowest BCUT2D eigenvalue weighted by Gasteiger charge is -2.28. The summed E-state index contributed by atoms with van der Waals surface area (Å²) in [6.45, 7) is 16.1. The van der Waals surface area contributed by atoms with E-state index in [1.807, 2.05) is 12.1 Å². The fourth-order valence-electron chi connectivity index (χ4n) is 3.12. The smallest absolute Gasteiger partial charge is 0.123 e. The summed E-state index contributed by atoms with van der Waals surface area (Å²) in [5.74, 6) is -0.884. The Morgan fingerprint density at radius 3 is 1.74 bits per heavy atom. The van der Waals surface area contributed by atoms with Gasteiger partial charge in [-0.05, 0) is 50.6 Å². The Morgan fingerprint density at radius 2 is 1.37 bits per heavy atom. The van der Waals surface area contributed by atoms with Crippen LogP contribution in [0.1, 0.15) is 69.4 Å². The maximum atomic E-state index is 10.9. The Balaban J connectivity index is 2.44. The number of benzene rings is 2. The van der Waals surface area contributed by atoms with Crippen molar-refractivity contribution in [2.75, 3.05) is 0 Å². The number of carboxylic acids is 1. The molecule has 0 unspecified atom stereocenters. The predicted molar refractivity (Wildman–Crippen MR) is 109 cm³/mol. The third kappa shape index (κ3) is 4.79. The first kappa shape index (κ1) is 20.8. The van der Waals surface area contributed by atoms with Crippen molar-refractivity contribution in [3.05, 3.63) is 70.8 Å². The largest absolute Gasteiger partial charge is 0.545 e. The van der Waals surface area contributed by atoms with E-state index >= 15 is 0 Å². The van der Waals surface area contributed by atoms with Crippen molar-refractivity contribution in [1.82, 2.24) is 0 Å². The Morgan fingerprint density at radius 1 is 0.926 bits per heavy atom. The molecule has 2 aromatic rings. The van der Waals surface area contributed by atoms with E-state index in [0.29, 0.717) is 17.7 Å². The van der Waals surface area contributed by atoms with Crippen molar-refractivity contribution in [1.29, 1.82) is 0 Å². The highest BCUT2D eigenvalue weighted by molar-refractivity contribution is 6.13. The molecule has 0 amide bonds. The second-order valence-corrected chi connectivity index (χ2v) is 9.18. The first-order chi connectivity index (χ1) is 12.3. The van der Waals surface area contributed by atoms with Crippen LogP contribution in [0.4, 0.5) is 0 Å². The van der Waals surface area contributed by atoms with Gasteiger partial charge in [0, 0.05) is 0 Å². The third-order valence-electron chi connectivity index (χ3n) is 4.74. The summed E-state index contributed by atoms with van der Waals surface area (Å²) >= 11 is 0. The molecule has 0 aromatic heterocycles. The SMILES string of the molecule is C=C(C(=O)[O-])c1ccc(Cc2cc(C(C)(C)C)c(O)c(C(C)(C)C)c2)cc1. The Kier molecular flexibility index (Phi) is 5.55. The van der Waals surface area contributed by atoms with Gasteiger partial charge in [-0.1, -0.05) is 84.5 Å². The van der Waals surface area contributed by atoms with Crippen molar-refractivity contribution in [2.45, 2.75) is 58.8 Å². The van der Waals surface area contributed by atoms with Crippen molar-refractivity contribution in [2.24, 2.45) is 0 Å². The Labute approximate surface area is 162 Å². The molecular formula is C24H29O3-. The standard InChI is InChI=1S/C24H30O3/c1-15(22(26)27)18-10-8-16(9-11-18)12-17-13-19(23(2,3)4)21(25)20(14-17)24(5,6)7/h8-11,13-14,25H,1,12H2,2-7H3,(H,26,27)/p-1. The second kappa shape index (κ2) is 7.22. The number of phenols is 1. The second-order valence-electron chi connectivity index (χ2n) is 9.18. The maximum absolute atomic E-state index is 10.9. The molecule has 0 saturated heterocycles. The fraction of sp³-hybridized carbons (Fsp3) is 0.375. The molecule has 0 saturated carbocycles. The van der Waals surface area contributed by atoms with Crippen LogP contribution in [0.2, 0.25) is 0 Å². The lowest BCUT2D eigenvalue weighted by atomic mass is 9.78. The Hall–Kier alpha value is -2.55. The van der Waals surface area contributed by atoms with Gasteiger partial charge >= 0.3 is 0 Å². The van der Waals surface area contributed by atoms with Crippen LogP contribution in [0.25, 0.3) is 5.57 Å². The molecule has 2 rings (SSSR count). The topological polar surface area (TPSA) is 60.4 Å². The minimum Gasteiger partial charge on any atom is -0.545 e. The van der Waals surface area contributed by atoms with E-state index in [1.165, 1.54) is 0 Å². The van der Waals surface area contributed by atoms with E-state index < -0.39 is 5.97 Å². The number of hydrogen-bond donors (Lipinski definition) is 1. The summed E-state index contributed by atoms with van der Waals surface area (Å²) in [5.41, 5.74) is 4.25. The molecule has 0 aliphatic carbocycles. The van der Waals surface area contributed by atoms with Crippen molar-refractivity contribution in [3.8, 4) is 5.75 Å². The summed E-state index contributed by atoms with van der Waals surface area (Å²) in [6.07, 6.45) is 0.699. The van der Waals surface area contributed by atoms with Crippen molar-refractivity contribution >= 4 is 11.5 Å². The molecule has 2 aromatic carbocycles. The zero-order valence-electron chi connectivity index (χ0n) is 17.1. The molecule has 3 heteroatoms. The fourth-order valence-corrected chi connectivity index (χ4v) is 3.12. The molecule has 0 atom stereocenters. The van der Waals surface area contributed by atoms with E-state index in [2.05, 4.69) is 60.3 Å². The van der Waals surface area contributed by atoms with Crippen LogP contribution in [0.15, 0.2) is 43.0 Å². The normalized spacial score (nSPS) is 12.1. The van der Waals surface area contributed by atoms with Crippen LogP contribution >= 0.6 is 0 Å². The van der Waals surface area contributed by atoms with E-state index in [4.69, 9.17) is 0 Å². The average Bonchev–Trinajstić information content (AvgIpc) is 2.54. The van der Waals surface area contributed by atoms with Gasteiger partial charge in [-0.2, -0.15) is 0 Å². The number of hydrogen-bond acceptors (Lipinski definition) is 3. The molecule has 3 nitrogen and oxygen atoms in total. The summed E-state index contributed by atoms with van der Waals surface area (Å²) in [5, 5.41) is 21.8. The molecule has 0 aliphatic heterocycles. The van der Waals surface area contributed by atoms with Crippen LogP contribution < -0.4 is 5.11 Å². The summed E-state index contributed by atoms with van der Waals surface area (Å²) in [4.78, 5) is 10.9. The first-order valence-corrected chi connectivity index (χ1v) is 9.17. The molecular weight excluding hydrogens is 336 g/mol. The van der Waals surface area contributed by atoms with Gasteiger partial charge in [0.25, 0.3) is 0 Å². The first-order valence-electron chi connectivity index (χ1n) is 9.17. The Bertz CT molecular complexity index is 825.